The molecule has 7 heteroatoms. The average Bonchev–Trinajstić information content (AvgIpc) is 2.83. The number of carbonyl (C=O) groups is 2. The topological polar surface area (TPSA) is 65.1 Å². The predicted octanol–water partition coefficient (Wildman–Crippen LogP) is 2.18. The second kappa shape index (κ2) is 8.21. The Kier molecular flexibility index (Phi) is 6.28. The molecule has 0 bridgehead atoms. The van der Waals surface area contributed by atoms with Gasteiger partial charge in [0.05, 0.1) is 37.8 Å². The molecule has 2 amide bonds. The summed E-state index contributed by atoms with van der Waals surface area (Å²) in [6, 6.07) is 5.21. The van der Waals surface area contributed by atoms with Crippen LogP contribution in [0.1, 0.15) is 12.5 Å². The Morgan fingerprint density at radius 1 is 1.04 bits per heavy atom. The van der Waals surface area contributed by atoms with Crippen LogP contribution in [0.3, 0.4) is 0 Å². The fourth-order valence-electron chi connectivity index (χ4n) is 2.46. The van der Waals surface area contributed by atoms with Gasteiger partial charge in [-0.3, -0.25) is 14.5 Å². The SMILES string of the molecule is CCSC1=C(c2ccc(OC)c(OC)c2)C(=O)N(CCOC)C1=O. The van der Waals surface area contributed by atoms with Crippen LogP contribution < -0.4 is 9.47 Å². The molecule has 1 heterocycles. The highest BCUT2D eigenvalue weighted by Crippen LogP contribution is 2.38. The van der Waals surface area contributed by atoms with Crippen molar-refractivity contribution in [2.75, 3.05) is 40.2 Å². The Hall–Kier alpha value is -1.99. The van der Waals surface area contributed by atoms with Gasteiger partial charge >= 0.3 is 0 Å². The van der Waals surface area contributed by atoms with E-state index < -0.39 is 0 Å². The molecule has 0 radical (unpaired) electrons. The minimum atomic E-state index is -0.305. The van der Waals surface area contributed by atoms with E-state index in [9.17, 15) is 9.59 Å². The summed E-state index contributed by atoms with van der Waals surface area (Å²) in [5.74, 6) is 1.20. The smallest absolute Gasteiger partial charge is 0.268 e. The molecule has 0 spiro atoms. The number of nitrogens with zero attached hydrogens (tertiary/aromatic N) is 1. The van der Waals surface area contributed by atoms with Crippen LogP contribution in [-0.4, -0.2) is 56.9 Å². The molecule has 1 aromatic rings. The van der Waals surface area contributed by atoms with E-state index in [-0.39, 0.29) is 18.4 Å². The van der Waals surface area contributed by atoms with Crippen LogP contribution in [0.2, 0.25) is 0 Å². The Balaban J connectivity index is 2.47. The summed E-state index contributed by atoms with van der Waals surface area (Å²) in [5, 5.41) is 0. The molecular weight excluding hydrogens is 330 g/mol. The third kappa shape index (κ3) is 3.42. The highest BCUT2D eigenvalue weighted by molar-refractivity contribution is 8.04. The molecule has 24 heavy (non-hydrogen) atoms. The molecule has 1 aliphatic heterocycles. The molecule has 0 fully saturated rings. The first kappa shape index (κ1) is 18.4. The first-order chi connectivity index (χ1) is 11.6. The molecule has 0 atom stereocenters. The third-order valence-corrected chi connectivity index (χ3v) is 4.56. The zero-order valence-corrected chi connectivity index (χ0v) is 15.1. The average molecular weight is 351 g/mol. The molecule has 1 aromatic carbocycles. The van der Waals surface area contributed by atoms with E-state index in [4.69, 9.17) is 14.2 Å². The summed E-state index contributed by atoms with van der Waals surface area (Å²) >= 11 is 1.37. The predicted molar refractivity (Wildman–Crippen MR) is 93.2 cm³/mol. The van der Waals surface area contributed by atoms with Gasteiger partial charge in [0.25, 0.3) is 11.8 Å². The number of imide groups is 1. The summed E-state index contributed by atoms with van der Waals surface area (Å²) in [7, 11) is 4.62. The second-order valence-electron chi connectivity index (χ2n) is 4.96. The second-order valence-corrected chi connectivity index (χ2v) is 6.24. The van der Waals surface area contributed by atoms with Gasteiger partial charge in [0.15, 0.2) is 11.5 Å². The number of thioether (sulfide) groups is 1. The van der Waals surface area contributed by atoms with Crippen molar-refractivity contribution >= 4 is 29.1 Å². The lowest BCUT2D eigenvalue weighted by atomic mass is 10.1. The highest BCUT2D eigenvalue weighted by Gasteiger charge is 2.38. The van der Waals surface area contributed by atoms with Gasteiger partial charge in [-0.1, -0.05) is 13.0 Å². The molecule has 0 unspecified atom stereocenters. The number of methoxy groups -OCH3 is 3. The van der Waals surface area contributed by atoms with Gasteiger partial charge in [0.1, 0.15) is 0 Å². The van der Waals surface area contributed by atoms with Crippen molar-refractivity contribution in [2.45, 2.75) is 6.92 Å². The monoisotopic (exact) mass is 351 g/mol. The number of rotatable bonds is 8. The fourth-order valence-corrected chi connectivity index (χ4v) is 3.34. The number of ether oxygens (including phenoxy) is 3. The van der Waals surface area contributed by atoms with Crippen LogP contribution in [0.25, 0.3) is 5.57 Å². The van der Waals surface area contributed by atoms with Gasteiger partial charge in [-0.25, -0.2) is 0 Å². The van der Waals surface area contributed by atoms with Gasteiger partial charge in [-0.15, -0.1) is 11.8 Å². The normalized spacial score (nSPS) is 14.6. The van der Waals surface area contributed by atoms with Crippen molar-refractivity contribution in [3.05, 3.63) is 28.7 Å². The molecule has 1 aliphatic rings. The lowest BCUT2D eigenvalue weighted by molar-refractivity contribution is -0.137. The molecule has 0 saturated carbocycles. The lowest BCUT2D eigenvalue weighted by Gasteiger charge is -2.14. The molecule has 2 rings (SSSR count). The Labute approximate surface area is 145 Å². The van der Waals surface area contributed by atoms with Crippen molar-refractivity contribution in [3.63, 3.8) is 0 Å². The molecule has 130 valence electrons. The molecular formula is C17H21NO5S. The number of hydrogen-bond donors (Lipinski definition) is 0. The van der Waals surface area contributed by atoms with Crippen LogP contribution >= 0.6 is 11.8 Å². The summed E-state index contributed by atoms with van der Waals surface area (Å²) < 4.78 is 15.5. The van der Waals surface area contributed by atoms with Crippen LogP contribution in [0, 0.1) is 0 Å². The lowest BCUT2D eigenvalue weighted by Crippen LogP contribution is -2.34. The molecule has 0 N–H and O–H groups in total. The van der Waals surface area contributed by atoms with Gasteiger partial charge in [0.2, 0.25) is 0 Å². The number of carbonyl (C=O) groups excluding carboxylic acids is 2. The van der Waals surface area contributed by atoms with E-state index in [1.54, 1.807) is 25.3 Å². The van der Waals surface area contributed by atoms with E-state index in [1.807, 2.05) is 6.92 Å². The largest absolute Gasteiger partial charge is 0.493 e. The maximum absolute atomic E-state index is 12.8. The zero-order valence-electron chi connectivity index (χ0n) is 14.3. The maximum atomic E-state index is 12.8. The van der Waals surface area contributed by atoms with Crippen LogP contribution in [0.5, 0.6) is 11.5 Å². The molecule has 0 aliphatic carbocycles. The minimum absolute atomic E-state index is 0.235. The van der Waals surface area contributed by atoms with Crippen LogP contribution in [-0.2, 0) is 14.3 Å². The summed E-state index contributed by atoms with van der Waals surface area (Å²) in [4.78, 5) is 27.0. The molecule has 0 saturated heterocycles. The van der Waals surface area contributed by atoms with Gasteiger partial charge in [-0.2, -0.15) is 0 Å². The maximum Gasteiger partial charge on any atom is 0.268 e. The van der Waals surface area contributed by atoms with Crippen molar-refractivity contribution < 1.29 is 23.8 Å². The first-order valence-corrected chi connectivity index (χ1v) is 8.52. The highest BCUT2D eigenvalue weighted by atomic mass is 32.2. The van der Waals surface area contributed by atoms with E-state index in [0.717, 1.165) is 0 Å². The van der Waals surface area contributed by atoms with Crippen molar-refractivity contribution in [3.8, 4) is 11.5 Å². The zero-order chi connectivity index (χ0) is 17.7. The van der Waals surface area contributed by atoms with Crippen molar-refractivity contribution in [1.29, 1.82) is 0 Å². The van der Waals surface area contributed by atoms with Crippen molar-refractivity contribution in [1.82, 2.24) is 4.90 Å². The fraction of sp³-hybridized carbons (Fsp3) is 0.412. The Bertz CT molecular complexity index is 671. The minimum Gasteiger partial charge on any atom is -0.493 e. The van der Waals surface area contributed by atoms with Crippen LogP contribution in [0.4, 0.5) is 0 Å². The van der Waals surface area contributed by atoms with E-state index in [2.05, 4.69) is 0 Å². The standard InChI is InChI=1S/C17H21NO5S/c1-5-24-15-14(16(19)18(17(15)20)8-9-21-2)11-6-7-12(22-3)13(10-11)23-4/h6-7,10H,5,8-9H2,1-4H3. The number of hydrogen-bond acceptors (Lipinski definition) is 6. The first-order valence-electron chi connectivity index (χ1n) is 7.53. The quantitative estimate of drug-likeness (QED) is 0.669. The summed E-state index contributed by atoms with van der Waals surface area (Å²) in [6.45, 7) is 2.49. The van der Waals surface area contributed by atoms with Crippen LogP contribution in [0.15, 0.2) is 23.1 Å². The van der Waals surface area contributed by atoms with E-state index >= 15 is 0 Å². The van der Waals surface area contributed by atoms with Gasteiger partial charge < -0.3 is 14.2 Å². The summed E-state index contributed by atoms with van der Waals surface area (Å²) in [5.41, 5.74) is 1.05. The van der Waals surface area contributed by atoms with Gasteiger partial charge in [-0.05, 0) is 23.4 Å². The van der Waals surface area contributed by atoms with Gasteiger partial charge in [0, 0.05) is 7.11 Å². The number of amides is 2. The summed E-state index contributed by atoms with van der Waals surface area (Å²) in [6.07, 6.45) is 0. The Morgan fingerprint density at radius 2 is 1.75 bits per heavy atom. The number of benzene rings is 1. The molecule has 6 nitrogen and oxygen atoms in total. The van der Waals surface area contributed by atoms with E-state index in [0.29, 0.717) is 39.9 Å². The van der Waals surface area contributed by atoms with Crippen molar-refractivity contribution in [2.24, 2.45) is 0 Å². The van der Waals surface area contributed by atoms with E-state index in [1.165, 1.54) is 30.9 Å². The molecule has 0 aromatic heterocycles. The Morgan fingerprint density at radius 3 is 2.33 bits per heavy atom. The third-order valence-electron chi connectivity index (χ3n) is 3.61.